The molecule has 0 aliphatic heterocycles. The molecule has 0 aliphatic carbocycles. The topological polar surface area (TPSA) is 70.3 Å². The highest BCUT2D eigenvalue weighted by Gasteiger charge is 2.08. The number of hydrogen-bond donors (Lipinski definition) is 3. The molecule has 2 rings (SSSR count). The molecule has 0 saturated carbocycles. The van der Waals surface area contributed by atoms with Gasteiger partial charge in [-0.25, -0.2) is 0 Å². The predicted molar refractivity (Wildman–Crippen MR) is 81.7 cm³/mol. The van der Waals surface area contributed by atoms with E-state index in [1.165, 1.54) is 6.07 Å². The van der Waals surface area contributed by atoms with Gasteiger partial charge in [0.15, 0.2) is 0 Å². The standard InChI is InChI=1S/C14H19N3O2.ClH/c1-9(2)17-8-13(10(3)16-17)15-7-11-4-5-12(18)6-14(11)19;/h4-6,8-9,15,18-19H,7H2,1-3H3;1H. The molecule has 110 valence electrons. The number of aromatic nitrogens is 2. The van der Waals surface area contributed by atoms with Crippen LogP contribution >= 0.6 is 12.4 Å². The third-order valence-electron chi connectivity index (χ3n) is 2.98. The number of nitrogens with one attached hydrogen (secondary N) is 1. The van der Waals surface area contributed by atoms with E-state index in [2.05, 4.69) is 24.3 Å². The van der Waals surface area contributed by atoms with Gasteiger partial charge in [0.1, 0.15) is 11.5 Å². The molecule has 2 aromatic rings. The van der Waals surface area contributed by atoms with Gasteiger partial charge in [0.05, 0.1) is 11.4 Å². The van der Waals surface area contributed by atoms with Crippen LogP contribution in [0.2, 0.25) is 0 Å². The zero-order valence-electron chi connectivity index (χ0n) is 11.8. The Hall–Kier alpha value is -1.88. The molecular weight excluding hydrogens is 278 g/mol. The smallest absolute Gasteiger partial charge is 0.124 e. The van der Waals surface area contributed by atoms with Crippen LogP contribution in [0.5, 0.6) is 11.5 Å². The minimum atomic E-state index is 0. The van der Waals surface area contributed by atoms with Crippen LogP contribution in [-0.4, -0.2) is 20.0 Å². The van der Waals surface area contributed by atoms with Crippen LogP contribution in [-0.2, 0) is 6.54 Å². The number of anilines is 1. The van der Waals surface area contributed by atoms with E-state index in [1.54, 1.807) is 12.1 Å². The summed E-state index contributed by atoms with van der Waals surface area (Å²) >= 11 is 0. The average molecular weight is 298 g/mol. The Morgan fingerprint density at radius 3 is 2.55 bits per heavy atom. The predicted octanol–water partition coefficient (Wildman–Crippen LogP) is 3.22. The van der Waals surface area contributed by atoms with E-state index in [0.29, 0.717) is 12.6 Å². The summed E-state index contributed by atoms with van der Waals surface area (Å²) < 4.78 is 1.90. The highest BCUT2D eigenvalue weighted by Crippen LogP contribution is 2.24. The monoisotopic (exact) mass is 297 g/mol. The molecule has 20 heavy (non-hydrogen) atoms. The van der Waals surface area contributed by atoms with Crippen molar-refractivity contribution < 1.29 is 10.2 Å². The van der Waals surface area contributed by atoms with Gasteiger partial charge in [-0.2, -0.15) is 5.10 Å². The Morgan fingerprint density at radius 2 is 2.00 bits per heavy atom. The number of phenols is 2. The first kappa shape index (κ1) is 16.2. The third kappa shape index (κ3) is 3.57. The zero-order chi connectivity index (χ0) is 14.0. The Morgan fingerprint density at radius 1 is 1.30 bits per heavy atom. The highest BCUT2D eigenvalue weighted by molar-refractivity contribution is 5.85. The molecule has 1 heterocycles. The molecule has 3 N–H and O–H groups in total. The fourth-order valence-corrected chi connectivity index (χ4v) is 1.81. The summed E-state index contributed by atoms with van der Waals surface area (Å²) in [6.45, 7) is 6.57. The second-order valence-electron chi connectivity index (χ2n) is 4.87. The molecular formula is C14H20ClN3O2. The van der Waals surface area contributed by atoms with Crippen LogP contribution in [0, 0.1) is 6.92 Å². The lowest BCUT2D eigenvalue weighted by Gasteiger charge is -2.07. The molecule has 6 heteroatoms. The second kappa shape index (κ2) is 6.52. The van der Waals surface area contributed by atoms with Crippen LogP contribution < -0.4 is 5.32 Å². The van der Waals surface area contributed by atoms with Crippen molar-refractivity contribution in [2.75, 3.05) is 5.32 Å². The molecule has 0 fully saturated rings. The van der Waals surface area contributed by atoms with E-state index in [4.69, 9.17) is 0 Å². The molecule has 0 bridgehead atoms. The van der Waals surface area contributed by atoms with E-state index in [1.807, 2.05) is 17.8 Å². The Kier molecular flexibility index (Phi) is 5.27. The number of halogens is 1. The lowest BCUT2D eigenvalue weighted by atomic mass is 10.2. The Bertz CT molecular complexity index is 582. The molecule has 0 radical (unpaired) electrons. The average Bonchev–Trinajstić information content (AvgIpc) is 2.70. The molecule has 0 saturated heterocycles. The summed E-state index contributed by atoms with van der Waals surface area (Å²) in [5.41, 5.74) is 2.60. The molecule has 0 atom stereocenters. The summed E-state index contributed by atoms with van der Waals surface area (Å²) in [6, 6.07) is 4.90. The van der Waals surface area contributed by atoms with Crippen molar-refractivity contribution in [1.29, 1.82) is 0 Å². The first-order valence-corrected chi connectivity index (χ1v) is 6.28. The quantitative estimate of drug-likeness (QED) is 0.810. The number of phenolic OH excluding ortho intramolecular Hbond substituents is 2. The first-order valence-electron chi connectivity index (χ1n) is 6.28. The normalized spacial score (nSPS) is 10.4. The van der Waals surface area contributed by atoms with E-state index in [0.717, 1.165) is 16.9 Å². The first-order chi connectivity index (χ1) is 8.97. The number of benzene rings is 1. The van der Waals surface area contributed by atoms with Gasteiger partial charge in [-0.05, 0) is 32.9 Å². The Balaban J connectivity index is 0.00000200. The molecule has 0 aliphatic rings. The minimum Gasteiger partial charge on any atom is -0.508 e. The largest absolute Gasteiger partial charge is 0.508 e. The number of rotatable bonds is 4. The summed E-state index contributed by atoms with van der Waals surface area (Å²) in [4.78, 5) is 0. The zero-order valence-corrected chi connectivity index (χ0v) is 12.6. The van der Waals surface area contributed by atoms with Crippen molar-refractivity contribution in [2.24, 2.45) is 0 Å². The van der Waals surface area contributed by atoms with E-state index in [9.17, 15) is 10.2 Å². The maximum atomic E-state index is 9.71. The molecule has 0 spiro atoms. The lowest BCUT2D eigenvalue weighted by molar-refractivity contribution is 0.446. The summed E-state index contributed by atoms with van der Waals surface area (Å²) in [6.07, 6.45) is 1.96. The van der Waals surface area contributed by atoms with E-state index in [-0.39, 0.29) is 23.9 Å². The van der Waals surface area contributed by atoms with Gasteiger partial charge in [-0.15, -0.1) is 12.4 Å². The van der Waals surface area contributed by atoms with Crippen molar-refractivity contribution in [3.05, 3.63) is 35.7 Å². The number of aromatic hydroxyl groups is 2. The van der Waals surface area contributed by atoms with Crippen molar-refractivity contribution in [3.8, 4) is 11.5 Å². The Labute approximate surface area is 124 Å². The molecule has 5 nitrogen and oxygen atoms in total. The van der Waals surface area contributed by atoms with Gasteiger partial charge >= 0.3 is 0 Å². The fourth-order valence-electron chi connectivity index (χ4n) is 1.81. The number of hydrogen-bond acceptors (Lipinski definition) is 4. The fraction of sp³-hybridized carbons (Fsp3) is 0.357. The van der Waals surface area contributed by atoms with Gasteiger partial charge < -0.3 is 15.5 Å². The van der Waals surface area contributed by atoms with Gasteiger partial charge in [0.25, 0.3) is 0 Å². The van der Waals surface area contributed by atoms with Crippen molar-refractivity contribution >= 4 is 18.1 Å². The van der Waals surface area contributed by atoms with Crippen LogP contribution in [0.1, 0.15) is 31.1 Å². The second-order valence-corrected chi connectivity index (χ2v) is 4.87. The van der Waals surface area contributed by atoms with Crippen LogP contribution in [0.25, 0.3) is 0 Å². The van der Waals surface area contributed by atoms with E-state index >= 15 is 0 Å². The van der Waals surface area contributed by atoms with Crippen LogP contribution in [0.15, 0.2) is 24.4 Å². The summed E-state index contributed by atoms with van der Waals surface area (Å²) in [7, 11) is 0. The van der Waals surface area contributed by atoms with Gasteiger partial charge in [0, 0.05) is 30.4 Å². The van der Waals surface area contributed by atoms with Crippen molar-refractivity contribution in [2.45, 2.75) is 33.4 Å². The number of nitrogens with zero attached hydrogens (tertiary/aromatic N) is 2. The molecule has 1 aromatic carbocycles. The molecule has 0 amide bonds. The van der Waals surface area contributed by atoms with Gasteiger partial charge in [0.2, 0.25) is 0 Å². The van der Waals surface area contributed by atoms with Gasteiger partial charge in [-0.1, -0.05) is 0 Å². The van der Waals surface area contributed by atoms with Crippen LogP contribution in [0.4, 0.5) is 5.69 Å². The molecule has 0 unspecified atom stereocenters. The maximum absolute atomic E-state index is 9.71. The highest BCUT2D eigenvalue weighted by atomic mass is 35.5. The van der Waals surface area contributed by atoms with Gasteiger partial charge in [-0.3, -0.25) is 4.68 Å². The molecule has 1 aromatic heterocycles. The third-order valence-corrected chi connectivity index (χ3v) is 2.98. The van der Waals surface area contributed by atoms with E-state index < -0.39 is 0 Å². The number of aryl methyl sites for hydroxylation is 1. The maximum Gasteiger partial charge on any atom is 0.124 e. The minimum absolute atomic E-state index is 0. The summed E-state index contributed by atoms with van der Waals surface area (Å²) in [5, 5.41) is 26.6. The van der Waals surface area contributed by atoms with Crippen LogP contribution in [0.3, 0.4) is 0 Å². The van der Waals surface area contributed by atoms with Crippen molar-refractivity contribution in [3.63, 3.8) is 0 Å². The van der Waals surface area contributed by atoms with Crippen molar-refractivity contribution in [1.82, 2.24) is 9.78 Å². The SMILES string of the molecule is Cc1nn(C(C)C)cc1NCc1ccc(O)cc1O.Cl. The lowest BCUT2D eigenvalue weighted by Crippen LogP contribution is -2.01. The summed E-state index contributed by atoms with van der Waals surface area (Å²) in [5.74, 6) is 0.145.